The molecule has 0 heterocycles. The molecule has 2 rings (SSSR count). The molecule has 5 nitrogen and oxygen atoms in total. The number of carbonyl (C=O) groups is 1. The molecule has 1 aliphatic rings. The van der Waals surface area contributed by atoms with E-state index in [1.807, 2.05) is 0 Å². The summed E-state index contributed by atoms with van der Waals surface area (Å²) in [6.07, 6.45) is 1.67. The topological polar surface area (TPSA) is 65.0 Å². The molecule has 0 saturated heterocycles. The van der Waals surface area contributed by atoms with Gasteiger partial charge >= 0.3 is 0 Å². The molecule has 0 bridgehead atoms. The number of ether oxygens (including phenoxy) is 3. The van der Waals surface area contributed by atoms with Crippen LogP contribution in [0.3, 0.4) is 0 Å². The van der Waals surface area contributed by atoms with Gasteiger partial charge in [0.2, 0.25) is 5.75 Å². The largest absolute Gasteiger partial charge is 0.504 e. The molecule has 19 heavy (non-hydrogen) atoms. The lowest BCUT2D eigenvalue weighted by Gasteiger charge is -2.16. The second-order valence-electron chi connectivity index (χ2n) is 4.48. The molecule has 1 aromatic carbocycles. The first kappa shape index (κ1) is 13.7. The molecule has 1 N–H and O–H groups in total. The number of aromatic hydroxyl groups is 1. The van der Waals surface area contributed by atoms with Gasteiger partial charge in [0.25, 0.3) is 0 Å². The van der Waals surface area contributed by atoms with E-state index in [1.165, 1.54) is 21.3 Å². The number of benzene rings is 1. The third-order valence-electron chi connectivity index (χ3n) is 3.46. The summed E-state index contributed by atoms with van der Waals surface area (Å²) in [5.41, 5.74) is 1.07. The second-order valence-corrected chi connectivity index (χ2v) is 4.48. The van der Waals surface area contributed by atoms with Gasteiger partial charge in [0.05, 0.1) is 19.8 Å². The van der Waals surface area contributed by atoms with E-state index in [9.17, 15) is 9.90 Å². The van der Waals surface area contributed by atoms with E-state index in [2.05, 4.69) is 0 Å². The zero-order chi connectivity index (χ0) is 14.0. The van der Waals surface area contributed by atoms with E-state index < -0.39 is 6.10 Å². The Labute approximate surface area is 112 Å². The number of phenols is 1. The molecule has 1 aliphatic carbocycles. The molecule has 0 spiro atoms. The highest BCUT2D eigenvalue weighted by Crippen LogP contribution is 2.43. The maximum atomic E-state index is 12.4. The summed E-state index contributed by atoms with van der Waals surface area (Å²) in [6.45, 7) is 0. The van der Waals surface area contributed by atoms with E-state index in [1.54, 1.807) is 6.07 Å². The maximum Gasteiger partial charge on any atom is 0.203 e. The number of Topliss-reactive ketones (excluding diaryl/α,β-unsaturated/α-hetero) is 1. The van der Waals surface area contributed by atoms with Crippen molar-refractivity contribution < 1.29 is 24.1 Å². The van der Waals surface area contributed by atoms with Gasteiger partial charge in [0, 0.05) is 7.11 Å². The Morgan fingerprint density at radius 1 is 1.26 bits per heavy atom. The monoisotopic (exact) mass is 266 g/mol. The van der Waals surface area contributed by atoms with E-state index in [0.717, 1.165) is 12.0 Å². The summed E-state index contributed by atoms with van der Waals surface area (Å²) >= 11 is 0. The smallest absolute Gasteiger partial charge is 0.203 e. The molecule has 0 amide bonds. The minimum atomic E-state index is -0.509. The lowest BCUT2D eigenvalue weighted by atomic mass is 9.99. The average molecular weight is 266 g/mol. The van der Waals surface area contributed by atoms with E-state index in [4.69, 9.17) is 14.2 Å². The molecule has 0 fully saturated rings. The van der Waals surface area contributed by atoms with Crippen LogP contribution in [-0.4, -0.2) is 38.3 Å². The van der Waals surface area contributed by atoms with Gasteiger partial charge in [0.15, 0.2) is 17.3 Å². The fraction of sp³-hybridized carbons (Fsp3) is 0.500. The molecule has 5 heteroatoms. The number of carbonyl (C=O) groups excluding carboxylic acids is 1. The number of aryl methyl sites for hydroxylation is 1. The average Bonchev–Trinajstić information content (AvgIpc) is 2.57. The van der Waals surface area contributed by atoms with Crippen molar-refractivity contribution in [2.45, 2.75) is 25.4 Å². The summed E-state index contributed by atoms with van der Waals surface area (Å²) in [5, 5.41) is 10.3. The second kappa shape index (κ2) is 5.48. The summed E-state index contributed by atoms with van der Waals surface area (Å²) in [7, 11) is 4.43. The lowest BCUT2D eigenvalue weighted by molar-refractivity contribution is 0.0582. The van der Waals surface area contributed by atoms with E-state index in [-0.39, 0.29) is 17.3 Å². The quantitative estimate of drug-likeness (QED) is 0.847. The number of phenolic OH excluding ortho intramolecular Hbond substituents is 1. The predicted octanol–water partition coefficient (Wildman–Crippen LogP) is 1.94. The summed E-state index contributed by atoms with van der Waals surface area (Å²) in [6, 6.07) is 1.75. The van der Waals surface area contributed by atoms with Crippen LogP contribution in [0.15, 0.2) is 6.07 Å². The van der Waals surface area contributed by atoms with Gasteiger partial charge < -0.3 is 19.3 Å². The molecule has 1 aromatic rings. The third kappa shape index (κ3) is 2.26. The summed E-state index contributed by atoms with van der Waals surface area (Å²) < 4.78 is 15.5. The standard InChI is InChI=1S/C14H18O5/c1-17-9-6-4-5-8-7-10(18-2)14(19-3)13(16)11(8)12(9)15/h7,9,16H,4-6H2,1-3H3/t9-/m1/s1. The Kier molecular flexibility index (Phi) is 3.95. The molecular formula is C14H18O5. The number of hydrogen-bond acceptors (Lipinski definition) is 5. The Morgan fingerprint density at radius 3 is 2.58 bits per heavy atom. The molecular weight excluding hydrogens is 248 g/mol. The van der Waals surface area contributed by atoms with Gasteiger partial charge in [0.1, 0.15) is 6.10 Å². The van der Waals surface area contributed by atoms with Crippen molar-refractivity contribution in [1.82, 2.24) is 0 Å². The van der Waals surface area contributed by atoms with Crippen molar-refractivity contribution in [3.05, 3.63) is 17.2 Å². The molecule has 0 saturated carbocycles. The highest BCUT2D eigenvalue weighted by Gasteiger charge is 2.31. The van der Waals surface area contributed by atoms with Gasteiger partial charge in [-0.1, -0.05) is 0 Å². The minimum absolute atomic E-state index is 0.161. The van der Waals surface area contributed by atoms with Crippen molar-refractivity contribution in [2.24, 2.45) is 0 Å². The molecule has 0 radical (unpaired) electrons. The first-order chi connectivity index (χ1) is 9.13. The van der Waals surface area contributed by atoms with Crippen molar-refractivity contribution in [2.75, 3.05) is 21.3 Å². The molecule has 104 valence electrons. The van der Waals surface area contributed by atoms with Gasteiger partial charge in [-0.3, -0.25) is 4.79 Å². The SMILES string of the molecule is COc1cc2c(c(O)c1OC)C(=O)[C@H](OC)CCC2. The predicted molar refractivity (Wildman–Crippen MR) is 69.3 cm³/mol. The van der Waals surface area contributed by atoms with Gasteiger partial charge in [-0.25, -0.2) is 0 Å². The van der Waals surface area contributed by atoms with Crippen molar-refractivity contribution in [3.63, 3.8) is 0 Å². The van der Waals surface area contributed by atoms with Crippen LogP contribution in [0.5, 0.6) is 17.2 Å². The Bertz CT molecular complexity index is 495. The Balaban J connectivity index is 2.62. The summed E-state index contributed by atoms with van der Waals surface area (Å²) in [4.78, 5) is 12.4. The van der Waals surface area contributed by atoms with Crippen LogP contribution in [0.4, 0.5) is 0 Å². The first-order valence-corrected chi connectivity index (χ1v) is 6.17. The summed E-state index contributed by atoms with van der Waals surface area (Å²) in [5.74, 6) is 0.257. The van der Waals surface area contributed by atoms with E-state index in [0.29, 0.717) is 24.2 Å². The highest BCUT2D eigenvalue weighted by molar-refractivity contribution is 6.04. The fourth-order valence-corrected chi connectivity index (χ4v) is 2.49. The van der Waals surface area contributed by atoms with Crippen LogP contribution in [-0.2, 0) is 11.2 Å². The van der Waals surface area contributed by atoms with Crippen molar-refractivity contribution >= 4 is 5.78 Å². The number of ketones is 1. The fourth-order valence-electron chi connectivity index (χ4n) is 2.49. The third-order valence-corrected chi connectivity index (χ3v) is 3.46. The zero-order valence-electron chi connectivity index (χ0n) is 11.4. The van der Waals surface area contributed by atoms with Crippen LogP contribution in [0, 0.1) is 0 Å². The normalized spacial score (nSPS) is 18.7. The number of fused-ring (bicyclic) bond motifs is 1. The first-order valence-electron chi connectivity index (χ1n) is 6.17. The lowest BCUT2D eigenvalue weighted by Crippen LogP contribution is -2.22. The highest BCUT2D eigenvalue weighted by atomic mass is 16.5. The molecule has 1 atom stereocenters. The van der Waals surface area contributed by atoms with Gasteiger partial charge in [-0.15, -0.1) is 0 Å². The van der Waals surface area contributed by atoms with Crippen LogP contribution < -0.4 is 9.47 Å². The maximum absolute atomic E-state index is 12.4. The molecule has 0 aromatic heterocycles. The van der Waals surface area contributed by atoms with Crippen molar-refractivity contribution in [1.29, 1.82) is 0 Å². The van der Waals surface area contributed by atoms with Crippen molar-refractivity contribution in [3.8, 4) is 17.2 Å². The van der Waals surface area contributed by atoms with Crippen LogP contribution in [0.25, 0.3) is 0 Å². The van der Waals surface area contributed by atoms with Crippen LogP contribution in [0.2, 0.25) is 0 Å². The van der Waals surface area contributed by atoms with Gasteiger partial charge in [-0.05, 0) is 30.9 Å². The molecule has 0 aliphatic heterocycles. The van der Waals surface area contributed by atoms with E-state index >= 15 is 0 Å². The minimum Gasteiger partial charge on any atom is -0.504 e. The number of hydrogen-bond donors (Lipinski definition) is 1. The van der Waals surface area contributed by atoms with Gasteiger partial charge in [-0.2, -0.15) is 0 Å². The zero-order valence-corrected chi connectivity index (χ0v) is 11.4. The number of rotatable bonds is 3. The Hall–Kier alpha value is -1.75. The van der Waals surface area contributed by atoms with Crippen LogP contribution in [0.1, 0.15) is 28.8 Å². The Morgan fingerprint density at radius 2 is 2.00 bits per heavy atom. The molecule has 0 unspecified atom stereocenters. The van der Waals surface area contributed by atoms with Crippen LogP contribution >= 0.6 is 0 Å². The number of methoxy groups -OCH3 is 3.